The lowest BCUT2D eigenvalue weighted by atomic mass is 10.3. The molecule has 0 radical (unpaired) electrons. The van der Waals surface area contributed by atoms with Crippen LogP contribution in [0.3, 0.4) is 0 Å². The van der Waals surface area contributed by atoms with Crippen molar-refractivity contribution >= 4 is 27.5 Å². The molecule has 0 spiro atoms. The number of β-amino-alcohol motifs (C(OH)–C–C–N with tert-alkyl or cyclic N) is 1. The molecule has 1 amide bonds. The van der Waals surface area contributed by atoms with Gasteiger partial charge >= 0.3 is 0 Å². The first-order chi connectivity index (χ1) is 9.50. The molecule has 2 rings (SSSR count). The second kappa shape index (κ2) is 7.11. The first-order valence-corrected chi connectivity index (χ1v) is 9.80. The van der Waals surface area contributed by atoms with Crippen LogP contribution in [0.5, 0.6) is 0 Å². The summed E-state index contributed by atoms with van der Waals surface area (Å²) in [5.41, 5.74) is 0. The Labute approximate surface area is 124 Å². The summed E-state index contributed by atoms with van der Waals surface area (Å²) < 4.78 is 22.7. The maximum absolute atomic E-state index is 12.1. The molecule has 0 aliphatic carbocycles. The van der Waals surface area contributed by atoms with Crippen LogP contribution in [0.1, 0.15) is 6.42 Å². The molecule has 2 aliphatic heterocycles. The standard InChI is InChI=1S/C12H22N2O4S2/c15-7-6-13-2-4-14(5-3-13)12(16)9-19-11-1-8-20(17,18)10-11/h11,15H,1-10H2. The Kier molecular flexibility index (Phi) is 5.71. The van der Waals surface area contributed by atoms with E-state index in [-0.39, 0.29) is 29.3 Å². The van der Waals surface area contributed by atoms with Gasteiger partial charge in [-0.15, -0.1) is 11.8 Å². The number of sulfone groups is 1. The maximum Gasteiger partial charge on any atom is 0.232 e. The largest absolute Gasteiger partial charge is 0.395 e. The summed E-state index contributed by atoms with van der Waals surface area (Å²) in [6.07, 6.45) is 0.671. The summed E-state index contributed by atoms with van der Waals surface area (Å²) in [5, 5.41) is 8.95. The van der Waals surface area contributed by atoms with E-state index < -0.39 is 9.84 Å². The van der Waals surface area contributed by atoms with Crippen molar-refractivity contribution in [3.63, 3.8) is 0 Å². The van der Waals surface area contributed by atoms with Crippen LogP contribution >= 0.6 is 11.8 Å². The van der Waals surface area contributed by atoms with Crippen LogP contribution in [-0.4, -0.2) is 91.1 Å². The Hall–Kier alpha value is -0.310. The quantitative estimate of drug-likeness (QED) is 0.703. The van der Waals surface area contributed by atoms with Gasteiger partial charge in [0.2, 0.25) is 5.91 Å². The summed E-state index contributed by atoms with van der Waals surface area (Å²) in [7, 11) is -2.86. The molecule has 2 saturated heterocycles. The summed E-state index contributed by atoms with van der Waals surface area (Å²) >= 11 is 1.48. The molecule has 1 atom stereocenters. The minimum atomic E-state index is -2.86. The van der Waals surface area contributed by atoms with Crippen molar-refractivity contribution in [1.29, 1.82) is 0 Å². The van der Waals surface area contributed by atoms with E-state index in [2.05, 4.69) is 4.90 Å². The molecular weight excluding hydrogens is 300 g/mol. The summed E-state index contributed by atoms with van der Waals surface area (Å²) in [6, 6.07) is 0. The molecule has 20 heavy (non-hydrogen) atoms. The Balaban J connectivity index is 1.68. The van der Waals surface area contributed by atoms with Crippen LogP contribution in [0.15, 0.2) is 0 Å². The number of thioether (sulfide) groups is 1. The lowest BCUT2D eigenvalue weighted by Crippen LogP contribution is -2.49. The topological polar surface area (TPSA) is 77.9 Å². The fourth-order valence-corrected chi connectivity index (χ4v) is 6.08. The van der Waals surface area contributed by atoms with Crippen molar-refractivity contribution in [2.24, 2.45) is 0 Å². The molecule has 8 heteroatoms. The molecule has 116 valence electrons. The van der Waals surface area contributed by atoms with Crippen LogP contribution in [0, 0.1) is 0 Å². The Morgan fingerprint density at radius 1 is 1.25 bits per heavy atom. The van der Waals surface area contributed by atoms with Crippen LogP contribution < -0.4 is 0 Å². The van der Waals surface area contributed by atoms with Crippen LogP contribution in [0.2, 0.25) is 0 Å². The highest BCUT2D eigenvalue weighted by Gasteiger charge is 2.29. The molecule has 0 aromatic heterocycles. The molecule has 0 aromatic rings. The van der Waals surface area contributed by atoms with Gasteiger partial charge in [-0.05, 0) is 6.42 Å². The number of nitrogens with zero attached hydrogens (tertiary/aromatic N) is 2. The number of hydrogen-bond acceptors (Lipinski definition) is 6. The van der Waals surface area contributed by atoms with Gasteiger partial charge in [-0.2, -0.15) is 0 Å². The van der Waals surface area contributed by atoms with E-state index in [1.807, 2.05) is 4.90 Å². The fraction of sp³-hybridized carbons (Fsp3) is 0.917. The van der Waals surface area contributed by atoms with E-state index in [1.54, 1.807) is 0 Å². The number of hydrogen-bond donors (Lipinski definition) is 1. The van der Waals surface area contributed by atoms with E-state index in [0.29, 0.717) is 31.8 Å². The monoisotopic (exact) mass is 322 g/mol. The predicted molar refractivity (Wildman–Crippen MR) is 79.6 cm³/mol. The van der Waals surface area contributed by atoms with Crippen molar-refractivity contribution in [2.75, 3.05) is 56.6 Å². The SMILES string of the molecule is O=C(CSC1CCS(=O)(=O)C1)N1CCN(CCO)CC1. The second-order valence-corrected chi connectivity index (χ2v) is 8.80. The highest BCUT2D eigenvalue weighted by Crippen LogP contribution is 2.24. The van der Waals surface area contributed by atoms with Gasteiger partial charge in [0, 0.05) is 38.0 Å². The summed E-state index contributed by atoms with van der Waals surface area (Å²) in [5.74, 6) is 0.955. The molecule has 2 heterocycles. The fourth-order valence-electron chi connectivity index (χ4n) is 2.54. The van der Waals surface area contributed by atoms with Gasteiger partial charge in [0.05, 0.1) is 23.9 Å². The summed E-state index contributed by atoms with van der Waals surface area (Å²) in [4.78, 5) is 16.0. The van der Waals surface area contributed by atoms with E-state index in [4.69, 9.17) is 5.11 Å². The molecule has 1 N–H and O–H groups in total. The van der Waals surface area contributed by atoms with Gasteiger partial charge in [-0.25, -0.2) is 8.42 Å². The van der Waals surface area contributed by atoms with E-state index in [9.17, 15) is 13.2 Å². The third-order valence-electron chi connectivity index (χ3n) is 3.77. The van der Waals surface area contributed by atoms with Crippen molar-refractivity contribution in [3.05, 3.63) is 0 Å². The van der Waals surface area contributed by atoms with Crippen molar-refractivity contribution in [3.8, 4) is 0 Å². The van der Waals surface area contributed by atoms with E-state index in [1.165, 1.54) is 11.8 Å². The number of rotatable bonds is 5. The van der Waals surface area contributed by atoms with Gasteiger partial charge in [-0.1, -0.05) is 0 Å². The molecule has 6 nitrogen and oxygen atoms in total. The van der Waals surface area contributed by atoms with Gasteiger partial charge in [0.25, 0.3) is 0 Å². The highest BCUT2D eigenvalue weighted by atomic mass is 32.2. The number of piperazine rings is 1. The second-order valence-electron chi connectivity index (χ2n) is 5.28. The Bertz CT molecular complexity index is 433. The first kappa shape index (κ1) is 16.1. The molecule has 0 saturated carbocycles. The van der Waals surface area contributed by atoms with Gasteiger partial charge in [-0.3, -0.25) is 9.69 Å². The van der Waals surface area contributed by atoms with E-state index in [0.717, 1.165) is 13.1 Å². The average molecular weight is 322 g/mol. The number of aliphatic hydroxyl groups excluding tert-OH is 1. The zero-order valence-corrected chi connectivity index (χ0v) is 13.2. The molecule has 2 aliphatic rings. The van der Waals surface area contributed by atoms with Gasteiger partial charge < -0.3 is 10.0 Å². The number of aliphatic hydroxyl groups is 1. The molecular formula is C12H22N2O4S2. The normalized spacial score (nSPS) is 26.9. The lowest BCUT2D eigenvalue weighted by molar-refractivity contribution is -0.130. The molecule has 1 unspecified atom stereocenters. The zero-order chi connectivity index (χ0) is 14.6. The number of amides is 1. The first-order valence-electron chi connectivity index (χ1n) is 6.93. The predicted octanol–water partition coefficient (Wildman–Crippen LogP) is -0.957. The Morgan fingerprint density at radius 2 is 1.95 bits per heavy atom. The molecule has 0 aromatic carbocycles. The smallest absolute Gasteiger partial charge is 0.232 e. The van der Waals surface area contributed by atoms with Gasteiger partial charge in [0.1, 0.15) is 0 Å². The minimum absolute atomic E-state index is 0.0830. The average Bonchev–Trinajstić information content (AvgIpc) is 2.77. The van der Waals surface area contributed by atoms with Crippen molar-refractivity contribution in [1.82, 2.24) is 9.80 Å². The Morgan fingerprint density at radius 3 is 2.50 bits per heavy atom. The van der Waals surface area contributed by atoms with Crippen molar-refractivity contribution in [2.45, 2.75) is 11.7 Å². The third kappa shape index (κ3) is 4.61. The third-order valence-corrected chi connectivity index (χ3v) is 7.04. The number of carbonyl (C=O) groups excluding carboxylic acids is 1. The maximum atomic E-state index is 12.1. The summed E-state index contributed by atoms with van der Waals surface area (Å²) in [6.45, 7) is 3.81. The van der Waals surface area contributed by atoms with Crippen molar-refractivity contribution < 1.29 is 18.3 Å². The lowest BCUT2D eigenvalue weighted by Gasteiger charge is -2.34. The van der Waals surface area contributed by atoms with E-state index >= 15 is 0 Å². The van der Waals surface area contributed by atoms with Crippen LogP contribution in [-0.2, 0) is 14.6 Å². The zero-order valence-electron chi connectivity index (χ0n) is 11.5. The minimum Gasteiger partial charge on any atom is -0.395 e. The number of carbonyl (C=O) groups is 1. The molecule has 2 fully saturated rings. The highest BCUT2D eigenvalue weighted by molar-refractivity contribution is 8.02. The van der Waals surface area contributed by atoms with Crippen LogP contribution in [0.4, 0.5) is 0 Å². The molecule has 0 bridgehead atoms. The van der Waals surface area contributed by atoms with Gasteiger partial charge in [0.15, 0.2) is 9.84 Å². The van der Waals surface area contributed by atoms with Crippen LogP contribution in [0.25, 0.3) is 0 Å².